The summed E-state index contributed by atoms with van der Waals surface area (Å²) in [6.45, 7) is 6.20. The molecule has 0 aromatic carbocycles. The van der Waals surface area contributed by atoms with E-state index in [1.165, 1.54) is 12.8 Å². The second-order valence-corrected chi connectivity index (χ2v) is 5.28. The molecule has 0 spiro atoms. The number of carbonyl (C=O) groups is 1. The van der Waals surface area contributed by atoms with Crippen LogP contribution in [0.5, 0.6) is 0 Å². The van der Waals surface area contributed by atoms with Gasteiger partial charge < -0.3 is 5.32 Å². The highest BCUT2D eigenvalue weighted by atomic mass is 35.5. The summed E-state index contributed by atoms with van der Waals surface area (Å²) in [4.78, 5) is 11.4. The van der Waals surface area contributed by atoms with Crippen LogP contribution in [0.4, 0.5) is 0 Å². The molecule has 82 valence electrons. The molecule has 1 amide bonds. The first-order valence-electron chi connectivity index (χ1n) is 5.45. The zero-order valence-electron chi connectivity index (χ0n) is 9.22. The van der Waals surface area contributed by atoms with Gasteiger partial charge in [-0.05, 0) is 38.0 Å². The number of amides is 1. The average Bonchev–Trinajstić information content (AvgIpc) is 2.09. The molecule has 0 bridgehead atoms. The minimum absolute atomic E-state index is 0.0296. The maximum Gasteiger partial charge on any atom is 0.237 e. The molecular weight excluding hydrogens is 198 g/mol. The van der Waals surface area contributed by atoms with Gasteiger partial charge in [0.2, 0.25) is 5.91 Å². The molecule has 0 aromatic heterocycles. The Balaban J connectivity index is 2.41. The summed E-state index contributed by atoms with van der Waals surface area (Å²) in [7, 11) is 0. The highest BCUT2D eigenvalue weighted by molar-refractivity contribution is 6.30. The van der Waals surface area contributed by atoms with E-state index in [0.717, 1.165) is 12.3 Å². The third kappa shape index (κ3) is 3.16. The Labute approximate surface area is 91.4 Å². The first kappa shape index (κ1) is 11.8. The van der Waals surface area contributed by atoms with Crippen molar-refractivity contribution >= 4 is 17.5 Å². The van der Waals surface area contributed by atoms with Crippen molar-refractivity contribution in [2.24, 2.45) is 11.8 Å². The zero-order valence-corrected chi connectivity index (χ0v) is 9.97. The summed E-state index contributed by atoms with van der Waals surface area (Å²) in [5.41, 5.74) is 0. The summed E-state index contributed by atoms with van der Waals surface area (Å²) in [5, 5.41) is 2.60. The van der Waals surface area contributed by atoms with Crippen LogP contribution in [0.3, 0.4) is 0 Å². The Bertz CT molecular complexity index is 205. The number of rotatable bonds is 2. The molecule has 0 aliphatic heterocycles. The van der Waals surface area contributed by atoms with Crippen molar-refractivity contribution in [3.05, 3.63) is 0 Å². The lowest BCUT2D eigenvalue weighted by atomic mass is 9.80. The van der Waals surface area contributed by atoms with Crippen LogP contribution < -0.4 is 5.32 Å². The van der Waals surface area contributed by atoms with Crippen LogP contribution in [-0.2, 0) is 4.79 Å². The van der Waals surface area contributed by atoms with Crippen molar-refractivity contribution in [1.29, 1.82) is 0 Å². The van der Waals surface area contributed by atoms with Gasteiger partial charge in [-0.1, -0.05) is 13.8 Å². The van der Waals surface area contributed by atoms with Gasteiger partial charge in [0.15, 0.2) is 0 Å². The zero-order chi connectivity index (χ0) is 10.7. The molecule has 1 fully saturated rings. The predicted octanol–water partition coefficient (Wildman–Crippen LogP) is 2.55. The van der Waals surface area contributed by atoms with E-state index in [-0.39, 0.29) is 5.91 Å². The predicted molar refractivity (Wildman–Crippen MR) is 59.4 cm³/mol. The fourth-order valence-corrected chi connectivity index (χ4v) is 2.24. The van der Waals surface area contributed by atoms with E-state index >= 15 is 0 Å². The number of hydrogen-bond donors (Lipinski definition) is 1. The lowest BCUT2D eigenvalue weighted by Crippen LogP contribution is -2.44. The van der Waals surface area contributed by atoms with Gasteiger partial charge >= 0.3 is 0 Å². The van der Waals surface area contributed by atoms with Crippen LogP contribution in [0.1, 0.15) is 40.0 Å². The van der Waals surface area contributed by atoms with Crippen LogP contribution in [0.25, 0.3) is 0 Å². The Kier molecular flexibility index (Phi) is 4.24. The Hall–Kier alpha value is -0.240. The highest BCUT2D eigenvalue weighted by Gasteiger charge is 2.27. The third-order valence-electron chi connectivity index (χ3n) is 3.12. The van der Waals surface area contributed by atoms with Gasteiger partial charge in [-0.25, -0.2) is 0 Å². The van der Waals surface area contributed by atoms with Crippen LogP contribution in [-0.4, -0.2) is 17.3 Å². The molecule has 1 N–H and O–H groups in total. The molecule has 1 rings (SSSR count). The van der Waals surface area contributed by atoms with Gasteiger partial charge in [-0.15, -0.1) is 11.6 Å². The number of nitrogens with one attached hydrogen (secondary N) is 1. The number of halogens is 1. The van der Waals surface area contributed by atoms with E-state index in [0.29, 0.717) is 12.0 Å². The Morgan fingerprint density at radius 2 is 2.07 bits per heavy atom. The monoisotopic (exact) mass is 217 g/mol. The molecule has 0 saturated heterocycles. The minimum atomic E-state index is -0.415. The summed E-state index contributed by atoms with van der Waals surface area (Å²) < 4.78 is 0. The van der Waals surface area contributed by atoms with Gasteiger partial charge in [-0.2, -0.15) is 0 Å². The number of hydrogen-bond acceptors (Lipinski definition) is 1. The van der Waals surface area contributed by atoms with Crippen LogP contribution >= 0.6 is 11.6 Å². The molecule has 1 aliphatic carbocycles. The van der Waals surface area contributed by atoms with E-state index in [1.807, 2.05) is 0 Å². The molecule has 0 radical (unpaired) electrons. The van der Waals surface area contributed by atoms with E-state index in [9.17, 15) is 4.79 Å². The van der Waals surface area contributed by atoms with Gasteiger partial charge in [0.25, 0.3) is 0 Å². The SMILES string of the molecule is CC1CCC(NC(=O)C(C)Cl)C(C)C1. The van der Waals surface area contributed by atoms with Gasteiger partial charge in [0.05, 0.1) is 0 Å². The quantitative estimate of drug-likeness (QED) is 0.708. The van der Waals surface area contributed by atoms with Crippen LogP contribution in [0, 0.1) is 11.8 Å². The Morgan fingerprint density at radius 3 is 2.57 bits per heavy atom. The van der Waals surface area contributed by atoms with Crippen molar-refractivity contribution in [2.75, 3.05) is 0 Å². The summed E-state index contributed by atoms with van der Waals surface area (Å²) >= 11 is 5.71. The van der Waals surface area contributed by atoms with Crippen LogP contribution in [0.15, 0.2) is 0 Å². The van der Waals surface area contributed by atoms with E-state index in [1.54, 1.807) is 6.92 Å². The maximum atomic E-state index is 11.4. The normalized spacial score (nSPS) is 35.0. The average molecular weight is 218 g/mol. The summed E-state index contributed by atoms with van der Waals surface area (Å²) in [6.07, 6.45) is 3.52. The molecular formula is C11H20ClNO. The highest BCUT2D eigenvalue weighted by Crippen LogP contribution is 2.28. The third-order valence-corrected chi connectivity index (χ3v) is 3.32. The lowest BCUT2D eigenvalue weighted by molar-refractivity contribution is -0.121. The maximum absolute atomic E-state index is 11.4. The molecule has 0 aromatic rings. The fraction of sp³-hybridized carbons (Fsp3) is 0.909. The second-order valence-electron chi connectivity index (χ2n) is 4.63. The molecule has 1 aliphatic rings. The largest absolute Gasteiger partial charge is 0.352 e. The molecule has 14 heavy (non-hydrogen) atoms. The number of carbonyl (C=O) groups excluding carboxylic acids is 1. The lowest BCUT2D eigenvalue weighted by Gasteiger charge is -2.33. The molecule has 3 heteroatoms. The minimum Gasteiger partial charge on any atom is -0.352 e. The molecule has 1 saturated carbocycles. The van der Waals surface area contributed by atoms with Gasteiger partial charge in [0.1, 0.15) is 5.38 Å². The van der Waals surface area contributed by atoms with E-state index in [2.05, 4.69) is 19.2 Å². The number of alkyl halides is 1. The summed E-state index contributed by atoms with van der Waals surface area (Å²) in [5.74, 6) is 1.35. The topological polar surface area (TPSA) is 29.1 Å². The van der Waals surface area contributed by atoms with Crippen molar-refractivity contribution in [2.45, 2.75) is 51.5 Å². The smallest absolute Gasteiger partial charge is 0.237 e. The molecule has 4 atom stereocenters. The van der Waals surface area contributed by atoms with Crippen molar-refractivity contribution in [3.8, 4) is 0 Å². The summed E-state index contributed by atoms with van der Waals surface area (Å²) in [6, 6.07) is 0.333. The standard InChI is InChI=1S/C11H20ClNO/c1-7-4-5-10(8(2)6-7)13-11(14)9(3)12/h7-10H,4-6H2,1-3H3,(H,13,14). The molecule has 4 unspecified atom stereocenters. The van der Waals surface area contributed by atoms with E-state index < -0.39 is 5.38 Å². The first-order valence-corrected chi connectivity index (χ1v) is 5.88. The van der Waals surface area contributed by atoms with Gasteiger partial charge in [0, 0.05) is 6.04 Å². The first-order chi connectivity index (χ1) is 6.50. The Morgan fingerprint density at radius 1 is 1.43 bits per heavy atom. The fourth-order valence-electron chi connectivity index (χ4n) is 2.18. The van der Waals surface area contributed by atoms with Crippen molar-refractivity contribution in [1.82, 2.24) is 5.32 Å². The molecule has 0 heterocycles. The molecule has 2 nitrogen and oxygen atoms in total. The van der Waals surface area contributed by atoms with Crippen molar-refractivity contribution < 1.29 is 4.79 Å². The van der Waals surface area contributed by atoms with Gasteiger partial charge in [-0.3, -0.25) is 4.79 Å². The van der Waals surface area contributed by atoms with Crippen LogP contribution in [0.2, 0.25) is 0 Å². The second kappa shape index (κ2) is 5.01. The van der Waals surface area contributed by atoms with E-state index in [4.69, 9.17) is 11.6 Å². The van der Waals surface area contributed by atoms with Crippen molar-refractivity contribution in [3.63, 3.8) is 0 Å².